The van der Waals surface area contributed by atoms with E-state index in [0.29, 0.717) is 5.69 Å². The molecule has 0 heterocycles. The number of para-hydroxylation sites is 1. The topological polar surface area (TPSA) is 138 Å². The molecule has 0 aliphatic heterocycles. The SMILES string of the molecule is N#CC(C#N)=NNc1cc(S(=O)(=O)O)ccc1Nc1ccccc1. The average molecular weight is 341 g/mol. The van der Waals surface area contributed by atoms with Gasteiger partial charge in [0.25, 0.3) is 10.1 Å². The lowest BCUT2D eigenvalue weighted by Gasteiger charge is -2.12. The molecule has 0 saturated carbocycles. The normalized spacial score (nSPS) is 10.1. The fraction of sp³-hybridized carbons (Fsp3) is 0. The number of hydrogen-bond donors (Lipinski definition) is 3. The number of anilines is 3. The van der Waals surface area contributed by atoms with Crippen LogP contribution in [0.15, 0.2) is 58.5 Å². The van der Waals surface area contributed by atoms with Gasteiger partial charge in [0.2, 0.25) is 5.71 Å². The lowest BCUT2D eigenvalue weighted by molar-refractivity contribution is 0.483. The van der Waals surface area contributed by atoms with Crippen molar-refractivity contribution in [3.63, 3.8) is 0 Å². The van der Waals surface area contributed by atoms with Gasteiger partial charge in [-0.2, -0.15) is 24.0 Å². The number of nitriles is 2. The van der Waals surface area contributed by atoms with Crippen LogP contribution >= 0.6 is 0 Å². The summed E-state index contributed by atoms with van der Waals surface area (Å²) in [4.78, 5) is -0.353. The van der Waals surface area contributed by atoms with Gasteiger partial charge in [-0.3, -0.25) is 9.98 Å². The Kier molecular flexibility index (Phi) is 5.12. The summed E-state index contributed by atoms with van der Waals surface area (Å²) in [7, 11) is -4.41. The molecule has 0 spiro atoms. The summed E-state index contributed by atoms with van der Waals surface area (Å²) < 4.78 is 31.7. The molecule has 2 aromatic rings. The fourth-order valence-electron chi connectivity index (χ4n) is 1.75. The third kappa shape index (κ3) is 4.30. The molecule has 9 heteroatoms. The summed E-state index contributed by atoms with van der Waals surface area (Å²) in [6.07, 6.45) is 0. The van der Waals surface area contributed by atoms with Crippen LogP contribution < -0.4 is 10.7 Å². The number of nitrogens with zero attached hydrogens (tertiary/aromatic N) is 3. The zero-order chi connectivity index (χ0) is 17.6. The van der Waals surface area contributed by atoms with Gasteiger partial charge in [0.15, 0.2) is 0 Å². The molecule has 0 radical (unpaired) electrons. The third-order valence-corrected chi connectivity index (χ3v) is 3.69. The van der Waals surface area contributed by atoms with E-state index in [2.05, 4.69) is 15.8 Å². The monoisotopic (exact) mass is 341 g/mol. The second-order valence-electron chi connectivity index (χ2n) is 4.47. The molecule has 120 valence electrons. The number of hydrazone groups is 1. The Balaban J connectivity index is 2.44. The highest BCUT2D eigenvalue weighted by Gasteiger charge is 2.13. The molecule has 0 unspecified atom stereocenters. The van der Waals surface area contributed by atoms with Crippen LogP contribution in [-0.4, -0.2) is 18.7 Å². The molecule has 0 bridgehead atoms. The fourth-order valence-corrected chi connectivity index (χ4v) is 2.26. The lowest BCUT2D eigenvalue weighted by atomic mass is 10.2. The molecular formula is C15H11N5O3S. The average Bonchev–Trinajstić information content (AvgIpc) is 2.57. The number of hydrogen-bond acceptors (Lipinski definition) is 7. The van der Waals surface area contributed by atoms with Crippen LogP contribution in [-0.2, 0) is 10.1 Å². The Morgan fingerprint density at radius 3 is 2.29 bits per heavy atom. The maximum Gasteiger partial charge on any atom is 0.294 e. The van der Waals surface area contributed by atoms with E-state index in [4.69, 9.17) is 15.1 Å². The highest BCUT2D eigenvalue weighted by atomic mass is 32.2. The third-order valence-electron chi connectivity index (χ3n) is 2.84. The van der Waals surface area contributed by atoms with Crippen LogP contribution in [0.4, 0.5) is 17.1 Å². The lowest BCUT2D eigenvalue weighted by Crippen LogP contribution is -2.03. The van der Waals surface area contributed by atoms with Gasteiger partial charge in [0.1, 0.15) is 12.1 Å². The van der Waals surface area contributed by atoms with E-state index in [1.807, 2.05) is 18.2 Å². The molecule has 0 fully saturated rings. The van der Waals surface area contributed by atoms with Gasteiger partial charge in [-0.1, -0.05) is 18.2 Å². The van der Waals surface area contributed by atoms with Crippen molar-refractivity contribution < 1.29 is 13.0 Å². The molecule has 3 N–H and O–H groups in total. The zero-order valence-corrected chi connectivity index (χ0v) is 12.9. The van der Waals surface area contributed by atoms with Crippen LogP contribution in [0.1, 0.15) is 0 Å². The van der Waals surface area contributed by atoms with Crippen molar-refractivity contribution in [2.45, 2.75) is 4.90 Å². The Morgan fingerprint density at radius 1 is 1.04 bits per heavy atom. The van der Waals surface area contributed by atoms with Gasteiger partial charge in [-0.25, -0.2) is 0 Å². The van der Waals surface area contributed by atoms with E-state index in [0.717, 1.165) is 11.8 Å². The van der Waals surface area contributed by atoms with E-state index in [9.17, 15) is 8.42 Å². The molecule has 2 rings (SSSR count). The Labute approximate surface area is 138 Å². The van der Waals surface area contributed by atoms with Crippen LogP contribution in [0.25, 0.3) is 0 Å². The van der Waals surface area contributed by atoms with Crippen LogP contribution in [0, 0.1) is 22.7 Å². The standard InChI is InChI=1S/C15H11N5O3S/c16-9-12(10-17)19-20-15-8-13(24(21,22)23)6-7-14(15)18-11-4-2-1-3-5-11/h1-8,18,20H,(H,21,22,23). The van der Waals surface area contributed by atoms with E-state index >= 15 is 0 Å². The predicted molar refractivity (Wildman–Crippen MR) is 88.3 cm³/mol. The summed E-state index contributed by atoms with van der Waals surface area (Å²) in [5.74, 6) is 0. The van der Waals surface area contributed by atoms with Gasteiger partial charge in [0, 0.05) is 5.69 Å². The Morgan fingerprint density at radius 2 is 1.71 bits per heavy atom. The molecule has 24 heavy (non-hydrogen) atoms. The van der Waals surface area contributed by atoms with E-state index in [1.54, 1.807) is 24.3 Å². The molecule has 0 atom stereocenters. The van der Waals surface area contributed by atoms with Crippen molar-refractivity contribution >= 4 is 32.9 Å². The summed E-state index contributed by atoms with van der Waals surface area (Å²) >= 11 is 0. The zero-order valence-electron chi connectivity index (χ0n) is 12.1. The van der Waals surface area contributed by atoms with Crippen molar-refractivity contribution in [3.05, 3.63) is 48.5 Å². The minimum Gasteiger partial charge on any atom is -0.354 e. The molecule has 0 aliphatic carbocycles. The van der Waals surface area contributed by atoms with Gasteiger partial charge in [-0.15, -0.1) is 0 Å². The first-order valence-electron chi connectivity index (χ1n) is 6.51. The van der Waals surface area contributed by atoms with Crippen molar-refractivity contribution in [1.82, 2.24) is 0 Å². The maximum absolute atomic E-state index is 11.3. The van der Waals surface area contributed by atoms with Crippen LogP contribution in [0.2, 0.25) is 0 Å². The predicted octanol–water partition coefficient (Wildman–Crippen LogP) is 2.49. The molecule has 8 nitrogen and oxygen atoms in total. The van der Waals surface area contributed by atoms with Crippen molar-refractivity contribution in [1.29, 1.82) is 10.5 Å². The highest BCUT2D eigenvalue weighted by molar-refractivity contribution is 7.85. The second kappa shape index (κ2) is 7.24. The molecule has 0 aromatic heterocycles. The molecule has 0 amide bonds. The van der Waals surface area contributed by atoms with E-state index < -0.39 is 15.8 Å². The molecular weight excluding hydrogens is 330 g/mol. The first-order valence-corrected chi connectivity index (χ1v) is 7.95. The largest absolute Gasteiger partial charge is 0.354 e. The minimum absolute atomic E-state index is 0.164. The van der Waals surface area contributed by atoms with Gasteiger partial charge >= 0.3 is 0 Å². The number of rotatable bonds is 5. The van der Waals surface area contributed by atoms with Crippen molar-refractivity contribution in [2.24, 2.45) is 5.10 Å². The van der Waals surface area contributed by atoms with Gasteiger partial charge in [-0.05, 0) is 30.3 Å². The minimum atomic E-state index is -4.41. The van der Waals surface area contributed by atoms with E-state index in [1.165, 1.54) is 12.1 Å². The molecule has 0 aliphatic rings. The van der Waals surface area contributed by atoms with Gasteiger partial charge < -0.3 is 5.32 Å². The first kappa shape index (κ1) is 17.0. The van der Waals surface area contributed by atoms with E-state index in [-0.39, 0.29) is 10.6 Å². The van der Waals surface area contributed by atoms with Crippen LogP contribution in [0.3, 0.4) is 0 Å². The first-order chi connectivity index (χ1) is 11.4. The van der Waals surface area contributed by atoms with Gasteiger partial charge in [0.05, 0.1) is 16.3 Å². The summed E-state index contributed by atoms with van der Waals surface area (Å²) in [5.41, 5.74) is 3.35. The Hall–Kier alpha value is -3.40. The van der Waals surface area contributed by atoms with Crippen molar-refractivity contribution in [2.75, 3.05) is 10.7 Å². The molecule has 2 aromatic carbocycles. The number of benzene rings is 2. The number of nitrogens with one attached hydrogen (secondary N) is 2. The summed E-state index contributed by atoms with van der Waals surface area (Å²) in [6, 6.07) is 16.0. The smallest absolute Gasteiger partial charge is 0.294 e. The van der Waals surface area contributed by atoms with Crippen LogP contribution in [0.5, 0.6) is 0 Å². The Bertz CT molecular complexity index is 941. The molecule has 0 saturated heterocycles. The second-order valence-corrected chi connectivity index (χ2v) is 5.89. The summed E-state index contributed by atoms with van der Waals surface area (Å²) in [6.45, 7) is 0. The summed E-state index contributed by atoms with van der Waals surface area (Å²) in [5, 5.41) is 24.0. The highest BCUT2D eigenvalue weighted by Crippen LogP contribution is 2.28. The quantitative estimate of drug-likeness (QED) is 0.431. The maximum atomic E-state index is 11.3. The van der Waals surface area contributed by atoms with Crippen molar-refractivity contribution in [3.8, 4) is 12.1 Å².